The number of aryl methyl sites for hydroxylation is 2. The van der Waals surface area contributed by atoms with Gasteiger partial charge in [-0.2, -0.15) is 0 Å². The number of hydrogen-bond donors (Lipinski definition) is 1. The Bertz CT molecular complexity index is 200. The molecule has 0 atom stereocenters. The van der Waals surface area contributed by atoms with Crippen LogP contribution in [0.15, 0.2) is 18.2 Å². The molecule has 10 heavy (non-hydrogen) atoms. The number of phenolic OH excluding ortho intramolecular Hbond substituents is 1. The Morgan fingerprint density at radius 2 is 1.50 bits per heavy atom. The maximum absolute atomic E-state index is 9.21. The van der Waals surface area contributed by atoms with Crippen LogP contribution >= 0.6 is 0 Å². The van der Waals surface area contributed by atoms with Gasteiger partial charge in [0, 0.05) is 0 Å². The topological polar surface area (TPSA) is 20.2 Å². The SMILES string of the molecule is Cc1cccc(C)c1O.[No]. The van der Waals surface area contributed by atoms with Gasteiger partial charge in [0.05, 0.1) is 0 Å². The number of benzene rings is 1. The summed E-state index contributed by atoms with van der Waals surface area (Å²) in [5, 5.41) is 9.21. The molecule has 62 valence electrons. The van der Waals surface area contributed by atoms with Crippen molar-refractivity contribution in [3.63, 3.8) is 0 Å². The number of para-hydroxylation sites is 1. The molecule has 0 radical (unpaired) electrons. The Balaban J connectivity index is 0.000000810. The van der Waals surface area contributed by atoms with Crippen LogP contribution in [-0.2, 0) is 0 Å². The maximum atomic E-state index is 9.21. The summed E-state index contributed by atoms with van der Waals surface area (Å²) in [7, 11) is 0. The molecule has 1 aromatic rings. The smallest absolute Gasteiger partial charge is 0.121 e. The van der Waals surface area contributed by atoms with E-state index in [2.05, 4.69) is 0 Å². The Hall–Kier alpha value is -1.98. The molecule has 0 aliphatic rings. The minimum Gasteiger partial charge on any atom is -0.507 e. The summed E-state index contributed by atoms with van der Waals surface area (Å²) < 4.78 is 0. The fourth-order valence-electron chi connectivity index (χ4n) is 0.806. The molecule has 0 aliphatic carbocycles. The van der Waals surface area contributed by atoms with Gasteiger partial charge >= 0.3 is 0 Å². The number of rotatable bonds is 0. The first-order valence-corrected chi connectivity index (χ1v) is 2.97. The molecule has 0 aromatic heterocycles. The van der Waals surface area contributed by atoms with Crippen molar-refractivity contribution in [3.8, 4) is 5.75 Å². The zero-order chi connectivity index (χ0) is 6.85. The van der Waals surface area contributed by atoms with Crippen LogP contribution in [0.5, 0.6) is 5.75 Å². The van der Waals surface area contributed by atoms with Crippen molar-refractivity contribution in [2.75, 3.05) is 0 Å². The van der Waals surface area contributed by atoms with Gasteiger partial charge in [0.1, 0.15) is 5.75 Å². The van der Waals surface area contributed by atoms with E-state index in [9.17, 15) is 5.11 Å². The molecule has 1 N–H and O–H groups in total. The van der Waals surface area contributed by atoms with E-state index in [1.54, 1.807) is 0 Å². The zero-order valence-electron chi connectivity index (χ0n) is 5.95. The van der Waals surface area contributed by atoms with E-state index in [1.165, 1.54) is 0 Å². The van der Waals surface area contributed by atoms with Crippen molar-refractivity contribution in [1.82, 2.24) is 0 Å². The molecule has 1 rings (SSSR count). The van der Waals surface area contributed by atoms with Gasteiger partial charge < -0.3 is 5.11 Å². The van der Waals surface area contributed by atoms with Crippen molar-refractivity contribution in [2.45, 2.75) is 13.8 Å². The van der Waals surface area contributed by atoms with Crippen LogP contribution in [0.4, 0.5) is 0 Å². The van der Waals surface area contributed by atoms with E-state index >= 15 is 0 Å². The van der Waals surface area contributed by atoms with Crippen LogP contribution in [-0.4, -0.2) is 5.11 Å². The second-order valence-electron chi connectivity index (χ2n) is 2.24. The summed E-state index contributed by atoms with van der Waals surface area (Å²) in [6, 6.07) is 5.72. The van der Waals surface area contributed by atoms with Gasteiger partial charge in [-0.15, -0.1) is 0 Å². The molecule has 0 unspecified atom stereocenters. The molecule has 0 saturated carbocycles. The molecular formula is C8H10NoO. The van der Waals surface area contributed by atoms with Gasteiger partial charge in [-0.25, -0.2) is 0 Å². The molecule has 2 heteroatoms. The van der Waals surface area contributed by atoms with Gasteiger partial charge in [0.15, 0.2) is 0 Å². The van der Waals surface area contributed by atoms with E-state index in [-0.39, 0.29) is 0 Å². The Labute approximate surface area is 55.0 Å². The van der Waals surface area contributed by atoms with Crippen molar-refractivity contribution < 1.29 is 5.11 Å². The summed E-state index contributed by atoms with van der Waals surface area (Å²) in [4.78, 5) is 0. The van der Waals surface area contributed by atoms with Crippen LogP contribution in [0.2, 0.25) is 0 Å². The van der Waals surface area contributed by atoms with Gasteiger partial charge in [-0.3, -0.25) is 0 Å². The molecule has 1 nitrogen and oxygen atoms in total. The molecule has 0 bridgehead atoms. The van der Waals surface area contributed by atoms with Crippen LogP contribution in [0.25, 0.3) is 0 Å². The average molecular weight is 381 g/mol. The molecular weight excluding hydrogens is 371 g/mol. The molecule has 0 heterocycles. The quantitative estimate of drug-likeness (QED) is 0.729. The summed E-state index contributed by atoms with van der Waals surface area (Å²) in [5.41, 5.74) is 1.88. The number of hydrogen-bond acceptors (Lipinski definition) is 1. The van der Waals surface area contributed by atoms with Gasteiger partial charge in [0.25, 0.3) is 0 Å². The van der Waals surface area contributed by atoms with E-state index in [1.807, 2.05) is 32.0 Å². The molecule has 0 amide bonds. The van der Waals surface area contributed by atoms with E-state index in [0.717, 1.165) is 11.1 Å². The van der Waals surface area contributed by atoms with Crippen LogP contribution in [0.1, 0.15) is 11.1 Å². The third-order valence-electron chi connectivity index (χ3n) is 1.44. The van der Waals surface area contributed by atoms with Crippen molar-refractivity contribution in [1.29, 1.82) is 0 Å². The Morgan fingerprint density at radius 3 is 1.80 bits per heavy atom. The summed E-state index contributed by atoms with van der Waals surface area (Å²) >= 11 is 0. The Morgan fingerprint density at radius 1 is 1.10 bits per heavy atom. The largest absolute Gasteiger partial charge is 0.507 e. The number of aromatic hydroxyl groups is 1. The standard InChI is InChI=1S/C8H10O.No/c1-6-4-3-5-7(2)8(6)9;/h3-5,9H,1-2H3;. The first kappa shape index (κ1) is 8.02. The molecule has 0 aliphatic heterocycles. The summed E-state index contributed by atoms with van der Waals surface area (Å²) in [6.07, 6.45) is 0. The minimum atomic E-state index is 0. The molecule has 1 aromatic carbocycles. The summed E-state index contributed by atoms with van der Waals surface area (Å²) in [6.45, 7) is 3.78. The van der Waals surface area contributed by atoms with Crippen molar-refractivity contribution in [3.05, 3.63) is 29.3 Å². The van der Waals surface area contributed by atoms with Crippen LogP contribution in [0.3, 0.4) is 0 Å². The monoisotopic (exact) mass is 381 g/mol. The van der Waals surface area contributed by atoms with E-state index in [4.69, 9.17) is 0 Å². The summed E-state index contributed by atoms with van der Waals surface area (Å²) in [5.74, 6) is 0.414. The average Bonchev–Trinajstić information content (AvgIpc) is 1.83. The predicted molar refractivity (Wildman–Crippen MR) is 37.6 cm³/mol. The zero-order valence-corrected chi connectivity index (χ0v) is 8.17. The first-order valence-electron chi connectivity index (χ1n) is 2.97. The van der Waals surface area contributed by atoms with Gasteiger partial charge in [-0.05, 0) is 25.0 Å². The van der Waals surface area contributed by atoms with Gasteiger partial charge in [0.2, 0.25) is 0 Å². The van der Waals surface area contributed by atoms with E-state index in [0.29, 0.717) is 5.75 Å². The predicted octanol–water partition coefficient (Wildman–Crippen LogP) is 2.01. The molecule has 0 saturated heterocycles. The molecule has 0 fully saturated rings. The van der Waals surface area contributed by atoms with Crippen LogP contribution < -0.4 is 0 Å². The third-order valence-corrected chi connectivity index (χ3v) is 1.44. The first-order chi connectivity index (χ1) is 4.22. The fourth-order valence-corrected chi connectivity index (χ4v) is 0.806. The van der Waals surface area contributed by atoms with Crippen molar-refractivity contribution in [2.24, 2.45) is 0 Å². The normalized spacial score (nSPS) is 8.60. The second kappa shape index (κ2) is 2.53. The third kappa shape index (κ3) is 1.05. The Kier molecular flexibility index (Phi) is 2.03. The maximum Gasteiger partial charge on any atom is 0.121 e. The molecule has 0 spiro atoms. The van der Waals surface area contributed by atoms with Gasteiger partial charge in [-0.1, -0.05) is 18.2 Å². The van der Waals surface area contributed by atoms with Crippen LogP contribution in [0, 0.1) is 13.8 Å². The minimum absolute atomic E-state index is 0. The number of phenols is 1. The second-order valence-corrected chi connectivity index (χ2v) is 2.24. The fraction of sp³-hybridized carbons (Fsp3) is 0.250. The van der Waals surface area contributed by atoms with Crippen molar-refractivity contribution >= 4 is 0 Å². The van der Waals surface area contributed by atoms with E-state index < -0.39 is 0 Å².